The molecule has 1 aromatic heterocycles. The molecule has 3 rings (SSSR count). The SMILES string of the molecule is CCN(C(=O)Cc1nc(-c2ccc(OC)cc2)no1)c1ccccc1C. The van der Waals surface area contributed by atoms with E-state index in [-0.39, 0.29) is 12.3 Å². The quantitative estimate of drug-likeness (QED) is 0.678. The Kier molecular flexibility index (Phi) is 5.31. The normalized spacial score (nSPS) is 10.6. The first-order valence-electron chi connectivity index (χ1n) is 8.45. The summed E-state index contributed by atoms with van der Waals surface area (Å²) >= 11 is 0. The summed E-state index contributed by atoms with van der Waals surface area (Å²) in [5, 5.41) is 3.97. The predicted octanol–water partition coefficient (Wildman–Crippen LogP) is 3.65. The van der Waals surface area contributed by atoms with Gasteiger partial charge in [-0.25, -0.2) is 0 Å². The predicted molar refractivity (Wildman–Crippen MR) is 99.2 cm³/mol. The zero-order chi connectivity index (χ0) is 18.5. The molecule has 6 heteroatoms. The van der Waals surface area contributed by atoms with E-state index in [0.29, 0.717) is 18.3 Å². The van der Waals surface area contributed by atoms with Gasteiger partial charge in [-0.3, -0.25) is 4.79 Å². The highest BCUT2D eigenvalue weighted by Crippen LogP contribution is 2.22. The maximum Gasteiger partial charge on any atom is 0.236 e. The lowest BCUT2D eigenvalue weighted by Crippen LogP contribution is -2.32. The molecule has 6 nitrogen and oxygen atoms in total. The maximum atomic E-state index is 12.7. The van der Waals surface area contributed by atoms with E-state index in [9.17, 15) is 4.79 Å². The van der Waals surface area contributed by atoms with E-state index in [1.807, 2.05) is 62.4 Å². The number of aryl methyl sites for hydroxylation is 1. The Morgan fingerprint density at radius 3 is 2.54 bits per heavy atom. The summed E-state index contributed by atoms with van der Waals surface area (Å²) in [5.74, 6) is 1.43. The summed E-state index contributed by atoms with van der Waals surface area (Å²) in [6.45, 7) is 4.50. The first kappa shape index (κ1) is 17.7. The minimum atomic E-state index is -0.0771. The van der Waals surface area contributed by atoms with Crippen LogP contribution < -0.4 is 9.64 Å². The number of hydrogen-bond donors (Lipinski definition) is 0. The molecule has 0 spiro atoms. The first-order valence-corrected chi connectivity index (χ1v) is 8.45. The lowest BCUT2D eigenvalue weighted by molar-refractivity contribution is -0.118. The number of carbonyl (C=O) groups is 1. The fourth-order valence-corrected chi connectivity index (χ4v) is 2.76. The molecule has 134 valence electrons. The number of anilines is 1. The fraction of sp³-hybridized carbons (Fsp3) is 0.250. The van der Waals surface area contributed by atoms with Crippen molar-refractivity contribution in [3.8, 4) is 17.1 Å². The number of carbonyl (C=O) groups excluding carboxylic acids is 1. The summed E-state index contributed by atoms with van der Waals surface area (Å²) in [5.41, 5.74) is 2.75. The van der Waals surface area contributed by atoms with E-state index < -0.39 is 0 Å². The van der Waals surface area contributed by atoms with Crippen LogP contribution in [-0.2, 0) is 11.2 Å². The lowest BCUT2D eigenvalue weighted by Gasteiger charge is -2.22. The molecule has 1 amide bonds. The minimum absolute atomic E-state index is 0.0608. The molecule has 0 fully saturated rings. The molecule has 0 saturated carbocycles. The molecule has 1 heterocycles. The molecule has 0 unspecified atom stereocenters. The second-order valence-electron chi connectivity index (χ2n) is 5.84. The van der Waals surface area contributed by atoms with Gasteiger partial charge >= 0.3 is 0 Å². The Morgan fingerprint density at radius 1 is 1.15 bits per heavy atom. The molecular weight excluding hydrogens is 330 g/mol. The summed E-state index contributed by atoms with van der Waals surface area (Å²) < 4.78 is 10.4. The lowest BCUT2D eigenvalue weighted by atomic mass is 10.1. The van der Waals surface area contributed by atoms with Gasteiger partial charge in [0.2, 0.25) is 17.6 Å². The van der Waals surface area contributed by atoms with Crippen molar-refractivity contribution in [2.45, 2.75) is 20.3 Å². The Bertz CT molecular complexity index is 887. The number of methoxy groups -OCH3 is 1. The van der Waals surface area contributed by atoms with Crippen LogP contribution in [0, 0.1) is 6.92 Å². The number of aromatic nitrogens is 2. The zero-order valence-corrected chi connectivity index (χ0v) is 15.1. The molecule has 3 aromatic rings. The number of rotatable bonds is 6. The minimum Gasteiger partial charge on any atom is -0.497 e. The molecule has 2 aromatic carbocycles. The van der Waals surface area contributed by atoms with Gasteiger partial charge in [-0.2, -0.15) is 4.98 Å². The highest BCUT2D eigenvalue weighted by atomic mass is 16.5. The molecule has 0 radical (unpaired) electrons. The van der Waals surface area contributed by atoms with Crippen LogP contribution in [0.15, 0.2) is 53.1 Å². The van der Waals surface area contributed by atoms with Gasteiger partial charge in [0.05, 0.1) is 7.11 Å². The van der Waals surface area contributed by atoms with Crippen LogP contribution in [0.4, 0.5) is 5.69 Å². The van der Waals surface area contributed by atoms with Crippen molar-refractivity contribution < 1.29 is 14.1 Å². The van der Waals surface area contributed by atoms with E-state index >= 15 is 0 Å². The molecule has 26 heavy (non-hydrogen) atoms. The van der Waals surface area contributed by atoms with Crippen molar-refractivity contribution in [3.63, 3.8) is 0 Å². The van der Waals surface area contributed by atoms with Crippen molar-refractivity contribution >= 4 is 11.6 Å². The standard InChI is InChI=1S/C20H21N3O3/c1-4-23(17-8-6-5-7-14(17)2)19(24)13-18-21-20(22-26-18)15-9-11-16(25-3)12-10-15/h5-12H,4,13H2,1-3H3. The van der Waals surface area contributed by atoms with E-state index in [4.69, 9.17) is 9.26 Å². The van der Waals surface area contributed by atoms with Crippen LogP contribution in [0.3, 0.4) is 0 Å². The van der Waals surface area contributed by atoms with E-state index in [1.165, 1.54) is 0 Å². The smallest absolute Gasteiger partial charge is 0.236 e. The van der Waals surface area contributed by atoms with Gasteiger partial charge in [0, 0.05) is 17.8 Å². The first-order chi connectivity index (χ1) is 12.6. The number of nitrogens with zero attached hydrogens (tertiary/aromatic N) is 3. The number of ether oxygens (including phenoxy) is 1. The van der Waals surface area contributed by atoms with Crippen molar-refractivity contribution in [2.75, 3.05) is 18.6 Å². The highest BCUT2D eigenvalue weighted by molar-refractivity contribution is 5.94. The van der Waals surface area contributed by atoms with Crippen molar-refractivity contribution in [3.05, 3.63) is 60.0 Å². The van der Waals surface area contributed by atoms with Crippen LogP contribution >= 0.6 is 0 Å². The average Bonchev–Trinajstić information content (AvgIpc) is 3.12. The molecule has 0 aliphatic rings. The number of hydrogen-bond acceptors (Lipinski definition) is 5. The monoisotopic (exact) mass is 351 g/mol. The van der Waals surface area contributed by atoms with Crippen LogP contribution in [0.1, 0.15) is 18.4 Å². The van der Waals surface area contributed by atoms with Crippen LogP contribution in [0.5, 0.6) is 5.75 Å². The van der Waals surface area contributed by atoms with E-state index in [0.717, 1.165) is 22.6 Å². The summed E-state index contributed by atoms with van der Waals surface area (Å²) in [7, 11) is 1.61. The van der Waals surface area contributed by atoms with E-state index in [2.05, 4.69) is 10.1 Å². The molecule has 0 saturated heterocycles. The molecule has 0 bridgehead atoms. The van der Waals surface area contributed by atoms with Gasteiger partial charge in [0.1, 0.15) is 12.2 Å². The van der Waals surface area contributed by atoms with Crippen molar-refractivity contribution in [2.24, 2.45) is 0 Å². The molecule has 0 atom stereocenters. The topological polar surface area (TPSA) is 68.5 Å². The molecule has 0 N–H and O–H groups in total. The Labute approximate surface area is 152 Å². The largest absolute Gasteiger partial charge is 0.497 e. The van der Waals surface area contributed by atoms with Gasteiger partial charge in [-0.05, 0) is 49.7 Å². The number of amides is 1. The fourth-order valence-electron chi connectivity index (χ4n) is 2.76. The van der Waals surface area contributed by atoms with Gasteiger partial charge in [0.15, 0.2) is 0 Å². The Balaban J connectivity index is 1.75. The van der Waals surface area contributed by atoms with Crippen molar-refractivity contribution in [1.82, 2.24) is 10.1 Å². The second kappa shape index (κ2) is 7.82. The molecule has 0 aliphatic heterocycles. The molecule has 0 aliphatic carbocycles. The van der Waals surface area contributed by atoms with Gasteiger partial charge in [-0.15, -0.1) is 0 Å². The highest BCUT2D eigenvalue weighted by Gasteiger charge is 2.19. The Hall–Kier alpha value is -3.15. The summed E-state index contributed by atoms with van der Waals surface area (Å²) in [6, 6.07) is 15.2. The van der Waals surface area contributed by atoms with Crippen molar-refractivity contribution in [1.29, 1.82) is 0 Å². The second-order valence-corrected chi connectivity index (χ2v) is 5.84. The van der Waals surface area contributed by atoms with Gasteiger partial charge < -0.3 is 14.2 Å². The third-order valence-corrected chi connectivity index (χ3v) is 4.14. The third kappa shape index (κ3) is 3.74. The number of para-hydroxylation sites is 1. The van der Waals surface area contributed by atoms with Crippen LogP contribution in [-0.4, -0.2) is 29.7 Å². The zero-order valence-electron chi connectivity index (χ0n) is 15.1. The number of likely N-dealkylation sites (N-methyl/N-ethyl adjacent to an activating group) is 1. The van der Waals surface area contributed by atoms with Crippen LogP contribution in [0.25, 0.3) is 11.4 Å². The average molecular weight is 351 g/mol. The van der Waals surface area contributed by atoms with Crippen LogP contribution in [0.2, 0.25) is 0 Å². The Morgan fingerprint density at radius 2 is 1.88 bits per heavy atom. The van der Waals surface area contributed by atoms with Gasteiger partial charge in [0.25, 0.3) is 0 Å². The van der Waals surface area contributed by atoms with Gasteiger partial charge in [-0.1, -0.05) is 23.4 Å². The number of benzene rings is 2. The van der Waals surface area contributed by atoms with E-state index in [1.54, 1.807) is 12.0 Å². The molecular formula is C20H21N3O3. The summed E-state index contributed by atoms with van der Waals surface area (Å²) in [6.07, 6.45) is 0.0608. The maximum absolute atomic E-state index is 12.7. The summed E-state index contributed by atoms with van der Waals surface area (Å²) in [4.78, 5) is 18.8. The third-order valence-electron chi connectivity index (χ3n) is 4.14.